The summed E-state index contributed by atoms with van der Waals surface area (Å²) in [6.07, 6.45) is 11.8. The zero-order chi connectivity index (χ0) is 24.8. The molecule has 1 fully saturated rings. The molecule has 0 aliphatic heterocycles. The van der Waals surface area contributed by atoms with Gasteiger partial charge in [-0.05, 0) is 85.8 Å². The van der Waals surface area contributed by atoms with E-state index in [-0.39, 0.29) is 6.29 Å². The van der Waals surface area contributed by atoms with Crippen molar-refractivity contribution in [3.05, 3.63) is 59.7 Å². The molecule has 0 amide bonds. The zero-order valence-corrected chi connectivity index (χ0v) is 22.3. The summed E-state index contributed by atoms with van der Waals surface area (Å²) in [7, 11) is 0. The van der Waals surface area contributed by atoms with Crippen molar-refractivity contribution in [1.29, 1.82) is 0 Å². The lowest BCUT2D eigenvalue weighted by Crippen LogP contribution is -2.17. The first kappa shape index (κ1) is 28.2. The number of benzene rings is 2. The summed E-state index contributed by atoms with van der Waals surface area (Å²) in [5.74, 6) is 3.39. The molecule has 34 heavy (non-hydrogen) atoms. The highest BCUT2D eigenvalue weighted by atomic mass is 16.7. The molecule has 2 aromatic rings. The third-order valence-corrected chi connectivity index (χ3v) is 7.27. The van der Waals surface area contributed by atoms with E-state index in [1.807, 2.05) is 19.1 Å². The van der Waals surface area contributed by atoms with Gasteiger partial charge in [0.25, 0.3) is 0 Å². The summed E-state index contributed by atoms with van der Waals surface area (Å²) in [6, 6.07) is 15.9. The highest BCUT2D eigenvalue weighted by Crippen LogP contribution is 2.27. The molecule has 1 aliphatic rings. The van der Waals surface area contributed by atoms with Crippen molar-refractivity contribution >= 4 is 0 Å². The Labute approximate surface area is 208 Å². The molecule has 1 saturated carbocycles. The van der Waals surface area contributed by atoms with Crippen molar-refractivity contribution < 1.29 is 14.6 Å². The van der Waals surface area contributed by atoms with Crippen LogP contribution in [0.4, 0.5) is 0 Å². The van der Waals surface area contributed by atoms with Crippen LogP contribution in [0.25, 0.3) is 0 Å². The molecular formula is C31H48O3. The first-order chi connectivity index (χ1) is 16.4. The molecule has 190 valence electrons. The van der Waals surface area contributed by atoms with Gasteiger partial charge in [-0.25, -0.2) is 0 Å². The van der Waals surface area contributed by atoms with Crippen LogP contribution in [-0.4, -0.2) is 18.0 Å². The number of phenolic OH excluding ortho intramolecular Hbond substituents is 1. The van der Waals surface area contributed by atoms with Crippen molar-refractivity contribution in [2.75, 3.05) is 6.61 Å². The Bertz CT molecular complexity index is 762. The molecule has 0 aromatic heterocycles. The Hall–Kier alpha value is -2.00. The highest BCUT2D eigenvalue weighted by Gasteiger charge is 2.13. The molecule has 1 aliphatic carbocycles. The van der Waals surface area contributed by atoms with Gasteiger partial charge in [0.2, 0.25) is 0 Å². The predicted molar refractivity (Wildman–Crippen MR) is 144 cm³/mol. The molecule has 3 heteroatoms. The van der Waals surface area contributed by atoms with Gasteiger partial charge in [-0.1, -0.05) is 84.1 Å². The summed E-state index contributed by atoms with van der Waals surface area (Å²) < 4.78 is 11.7. The van der Waals surface area contributed by atoms with Crippen LogP contribution in [0.15, 0.2) is 48.5 Å². The van der Waals surface area contributed by atoms with E-state index in [9.17, 15) is 0 Å². The second kappa shape index (κ2) is 15.8. The van der Waals surface area contributed by atoms with Gasteiger partial charge in [0.1, 0.15) is 11.5 Å². The number of phenols is 1. The summed E-state index contributed by atoms with van der Waals surface area (Å²) in [5, 5.41) is 9.01. The van der Waals surface area contributed by atoms with Crippen LogP contribution in [0.2, 0.25) is 0 Å². The second-order valence-corrected chi connectivity index (χ2v) is 9.98. The molecule has 2 aromatic carbocycles. The third kappa shape index (κ3) is 10.5. The van der Waals surface area contributed by atoms with Gasteiger partial charge in [-0.3, -0.25) is 0 Å². The topological polar surface area (TPSA) is 38.7 Å². The highest BCUT2D eigenvalue weighted by molar-refractivity contribution is 5.29. The summed E-state index contributed by atoms with van der Waals surface area (Å²) in [4.78, 5) is 0. The van der Waals surface area contributed by atoms with Gasteiger partial charge in [-0.15, -0.1) is 0 Å². The maximum absolute atomic E-state index is 9.01. The van der Waals surface area contributed by atoms with E-state index in [2.05, 4.69) is 52.0 Å². The fourth-order valence-electron chi connectivity index (χ4n) is 4.47. The quantitative estimate of drug-likeness (QED) is 0.264. The molecule has 3 nitrogen and oxygen atoms in total. The third-order valence-electron chi connectivity index (χ3n) is 7.27. The Morgan fingerprint density at radius 3 is 1.85 bits per heavy atom. The van der Waals surface area contributed by atoms with E-state index in [1.54, 1.807) is 12.1 Å². The molecular weight excluding hydrogens is 420 g/mol. The van der Waals surface area contributed by atoms with Crippen LogP contribution in [0.5, 0.6) is 11.5 Å². The van der Waals surface area contributed by atoms with E-state index in [4.69, 9.17) is 14.6 Å². The van der Waals surface area contributed by atoms with Crippen LogP contribution in [-0.2, 0) is 4.74 Å². The monoisotopic (exact) mass is 468 g/mol. The van der Waals surface area contributed by atoms with Crippen molar-refractivity contribution in [2.45, 2.75) is 111 Å². The normalized spacial score (nSPS) is 16.7. The smallest absolute Gasteiger partial charge is 0.196 e. The van der Waals surface area contributed by atoms with Gasteiger partial charge in [0, 0.05) is 0 Å². The SMILES string of the molecule is CCC(C)c1ccc(O)cc1.CCC(C)c1ccc(OC(C)OCCCC2CCCCC2)cc1. The van der Waals surface area contributed by atoms with Crippen LogP contribution < -0.4 is 4.74 Å². The molecule has 3 unspecified atom stereocenters. The second-order valence-electron chi connectivity index (χ2n) is 9.98. The van der Waals surface area contributed by atoms with E-state index in [0.29, 0.717) is 17.6 Å². The molecule has 3 atom stereocenters. The Morgan fingerprint density at radius 1 is 0.794 bits per heavy atom. The van der Waals surface area contributed by atoms with Gasteiger partial charge >= 0.3 is 0 Å². The molecule has 0 bridgehead atoms. The maximum Gasteiger partial charge on any atom is 0.196 e. The van der Waals surface area contributed by atoms with Crippen LogP contribution in [0.1, 0.15) is 115 Å². The van der Waals surface area contributed by atoms with Gasteiger partial charge in [0.15, 0.2) is 6.29 Å². The summed E-state index contributed by atoms with van der Waals surface area (Å²) in [5.41, 5.74) is 2.67. The van der Waals surface area contributed by atoms with Gasteiger partial charge in [-0.2, -0.15) is 0 Å². The van der Waals surface area contributed by atoms with Crippen molar-refractivity contribution in [3.8, 4) is 11.5 Å². The molecule has 0 radical (unpaired) electrons. The lowest BCUT2D eigenvalue weighted by molar-refractivity contribution is -0.0685. The Morgan fingerprint density at radius 2 is 1.32 bits per heavy atom. The predicted octanol–water partition coefficient (Wildman–Crippen LogP) is 9.21. The molecule has 3 rings (SSSR count). The molecule has 0 saturated heterocycles. The fourth-order valence-corrected chi connectivity index (χ4v) is 4.47. The van der Waals surface area contributed by atoms with E-state index >= 15 is 0 Å². The van der Waals surface area contributed by atoms with Crippen LogP contribution >= 0.6 is 0 Å². The van der Waals surface area contributed by atoms with E-state index < -0.39 is 0 Å². The summed E-state index contributed by atoms with van der Waals surface area (Å²) in [6.45, 7) is 11.6. The standard InChI is InChI=1S/C21H34O2.C10H14O/c1-4-17(2)20-12-14-21(15-13-20)23-18(3)22-16-8-11-19-9-6-5-7-10-19;1-3-8(2)9-4-6-10(11)7-5-9/h12-15,17-19H,4-11,16H2,1-3H3;4-8,11H,3H2,1-2H3. The number of hydrogen-bond acceptors (Lipinski definition) is 3. The number of rotatable bonds is 11. The number of ether oxygens (including phenoxy) is 2. The van der Waals surface area contributed by atoms with E-state index in [1.165, 1.54) is 56.1 Å². The average molecular weight is 469 g/mol. The van der Waals surface area contributed by atoms with Crippen molar-refractivity contribution in [3.63, 3.8) is 0 Å². The molecule has 1 N–H and O–H groups in total. The lowest BCUT2D eigenvalue weighted by atomic mass is 9.86. The minimum atomic E-state index is -0.171. The van der Waals surface area contributed by atoms with E-state index in [0.717, 1.165) is 31.1 Å². The minimum absolute atomic E-state index is 0.171. The molecule has 0 heterocycles. The average Bonchev–Trinajstić information content (AvgIpc) is 2.87. The van der Waals surface area contributed by atoms with Crippen LogP contribution in [0, 0.1) is 5.92 Å². The minimum Gasteiger partial charge on any atom is -0.508 e. The number of hydrogen-bond donors (Lipinski definition) is 1. The first-order valence-corrected chi connectivity index (χ1v) is 13.6. The fraction of sp³-hybridized carbons (Fsp3) is 0.613. The Kier molecular flexibility index (Phi) is 13.1. The van der Waals surface area contributed by atoms with Crippen molar-refractivity contribution in [1.82, 2.24) is 0 Å². The van der Waals surface area contributed by atoms with Crippen LogP contribution in [0.3, 0.4) is 0 Å². The summed E-state index contributed by atoms with van der Waals surface area (Å²) >= 11 is 0. The lowest BCUT2D eigenvalue weighted by Gasteiger charge is -2.22. The first-order valence-electron chi connectivity index (χ1n) is 13.6. The maximum atomic E-state index is 9.01. The zero-order valence-electron chi connectivity index (χ0n) is 22.3. The molecule has 0 spiro atoms. The Balaban J connectivity index is 0.000000310. The largest absolute Gasteiger partial charge is 0.508 e. The van der Waals surface area contributed by atoms with Gasteiger partial charge in [0.05, 0.1) is 6.61 Å². The van der Waals surface area contributed by atoms with Gasteiger partial charge < -0.3 is 14.6 Å². The number of aromatic hydroxyl groups is 1. The van der Waals surface area contributed by atoms with Crippen molar-refractivity contribution in [2.24, 2.45) is 5.92 Å².